The molecule has 0 aliphatic heterocycles. The van der Waals surface area contributed by atoms with Crippen molar-refractivity contribution in [3.8, 4) is 11.1 Å². The van der Waals surface area contributed by atoms with Crippen LogP contribution in [0.15, 0.2) is 47.2 Å². The van der Waals surface area contributed by atoms with Crippen molar-refractivity contribution in [2.75, 3.05) is 5.32 Å². The molecule has 2 amide bonds. The van der Waals surface area contributed by atoms with Gasteiger partial charge in [0.15, 0.2) is 0 Å². The van der Waals surface area contributed by atoms with Crippen molar-refractivity contribution < 1.29 is 14.7 Å². The Bertz CT molecular complexity index is 750. The zero-order valence-electron chi connectivity index (χ0n) is 14.0. The third-order valence-corrected chi connectivity index (χ3v) is 4.22. The molecule has 0 aliphatic carbocycles. The lowest BCUT2D eigenvalue weighted by molar-refractivity contribution is -0.118. The highest BCUT2D eigenvalue weighted by molar-refractivity contribution is 9.10. The predicted octanol–water partition coefficient (Wildman–Crippen LogP) is 4.13. The first kappa shape index (κ1) is 18.9. The molecule has 0 saturated carbocycles. The lowest BCUT2D eigenvalue weighted by Crippen LogP contribution is -2.44. The molecule has 0 fully saturated rings. The van der Waals surface area contributed by atoms with Crippen molar-refractivity contribution in [1.82, 2.24) is 10.3 Å². The second-order valence-corrected chi connectivity index (χ2v) is 6.91. The minimum absolute atomic E-state index is 0.181. The number of carboxylic acid groups (broad SMARTS) is 1. The monoisotopic (exact) mass is 405 g/mol. The number of anilines is 1. The van der Waals surface area contributed by atoms with Gasteiger partial charge in [-0.2, -0.15) is 0 Å². The van der Waals surface area contributed by atoms with E-state index in [9.17, 15) is 9.59 Å². The first-order chi connectivity index (χ1) is 11.9. The number of carbonyl (C=O) groups excluding carboxylic acids is 1. The van der Waals surface area contributed by atoms with Crippen LogP contribution in [0, 0.1) is 5.92 Å². The van der Waals surface area contributed by atoms with Gasteiger partial charge in [0.2, 0.25) is 5.91 Å². The van der Waals surface area contributed by atoms with Gasteiger partial charge in [-0.25, -0.2) is 4.79 Å². The average Bonchev–Trinajstić information content (AvgIpc) is 2.56. The number of hydrogen-bond acceptors (Lipinski definition) is 3. The lowest BCUT2D eigenvalue weighted by Gasteiger charge is -2.19. The number of amides is 2. The molecule has 132 valence electrons. The molecule has 1 atom stereocenters. The molecule has 25 heavy (non-hydrogen) atoms. The van der Waals surface area contributed by atoms with E-state index in [-0.39, 0.29) is 11.8 Å². The van der Waals surface area contributed by atoms with Gasteiger partial charge in [-0.1, -0.05) is 19.9 Å². The Hall–Kier alpha value is -2.41. The topological polar surface area (TPSA) is 91.3 Å². The molecule has 1 aromatic carbocycles. The first-order valence-electron chi connectivity index (χ1n) is 7.87. The molecule has 0 radical (unpaired) electrons. The minimum Gasteiger partial charge on any atom is -0.465 e. The van der Waals surface area contributed by atoms with Crippen LogP contribution in [0.1, 0.15) is 20.3 Å². The number of halogens is 1. The van der Waals surface area contributed by atoms with Gasteiger partial charge < -0.3 is 15.7 Å². The van der Waals surface area contributed by atoms with Gasteiger partial charge in [0, 0.05) is 16.9 Å². The van der Waals surface area contributed by atoms with E-state index >= 15 is 0 Å². The molecule has 0 unspecified atom stereocenters. The van der Waals surface area contributed by atoms with E-state index in [0.717, 1.165) is 11.1 Å². The summed E-state index contributed by atoms with van der Waals surface area (Å²) >= 11 is 3.46. The lowest BCUT2D eigenvalue weighted by atomic mass is 10.0. The third kappa shape index (κ3) is 5.56. The van der Waals surface area contributed by atoms with E-state index in [1.54, 1.807) is 18.5 Å². The molecule has 0 bridgehead atoms. The Kier molecular flexibility index (Phi) is 6.52. The van der Waals surface area contributed by atoms with Crippen molar-refractivity contribution in [2.24, 2.45) is 5.92 Å². The Labute approximate surface area is 154 Å². The van der Waals surface area contributed by atoms with Crippen LogP contribution in [-0.2, 0) is 4.79 Å². The van der Waals surface area contributed by atoms with Gasteiger partial charge in [0.25, 0.3) is 0 Å². The van der Waals surface area contributed by atoms with Crippen molar-refractivity contribution in [3.05, 3.63) is 47.2 Å². The quantitative estimate of drug-likeness (QED) is 0.673. The first-order valence-corrected chi connectivity index (χ1v) is 8.66. The van der Waals surface area contributed by atoms with Gasteiger partial charge >= 0.3 is 6.09 Å². The number of aromatic nitrogens is 1. The fraction of sp³-hybridized carbons (Fsp3) is 0.278. The zero-order chi connectivity index (χ0) is 18.4. The maximum absolute atomic E-state index is 12.4. The largest absolute Gasteiger partial charge is 0.465 e. The standard InChI is InChI=1S/C18H20BrN3O3/c1-11(2)9-16(22-18(24)25)17(23)21-15-4-3-13(10-14(15)19)12-5-7-20-8-6-12/h3-8,10-11,16,22H,9H2,1-2H3,(H,21,23)(H,24,25)/t16-/m1/s1. The normalized spacial score (nSPS) is 11.8. The summed E-state index contributed by atoms with van der Waals surface area (Å²) in [6.45, 7) is 3.87. The summed E-state index contributed by atoms with van der Waals surface area (Å²) in [5, 5.41) is 14.0. The summed E-state index contributed by atoms with van der Waals surface area (Å²) in [5.41, 5.74) is 2.58. The Morgan fingerprint density at radius 2 is 1.84 bits per heavy atom. The van der Waals surface area contributed by atoms with E-state index in [1.165, 1.54) is 0 Å². The van der Waals surface area contributed by atoms with Gasteiger partial charge in [-0.05, 0) is 63.7 Å². The van der Waals surface area contributed by atoms with Gasteiger partial charge in [0.05, 0.1) is 5.69 Å². The van der Waals surface area contributed by atoms with Crippen molar-refractivity contribution in [2.45, 2.75) is 26.3 Å². The number of benzene rings is 1. The molecule has 0 spiro atoms. The summed E-state index contributed by atoms with van der Waals surface area (Å²) in [4.78, 5) is 27.3. The molecule has 0 aliphatic rings. The van der Waals surface area contributed by atoms with Crippen LogP contribution >= 0.6 is 15.9 Å². The summed E-state index contributed by atoms with van der Waals surface area (Å²) in [5.74, 6) is -0.200. The van der Waals surface area contributed by atoms with Gasteiger partial charge in [0.1, 0.15) is 6.04 Å². The number of rotatable bonds is 6. The number of nitrogens with one attached hydrogen (secondary N) is 2. The minimum atomic E-state index is -1.21. The van der Waals surface area contributed by atoms with Crippen molar-refractivity contribution >= 4 is 33.6 Å². The molecule has 2 aromatic rings. The molecule has 7 heteroatoms. The highest BCUT2D eigenvalue weighted by atomic mass is 79.9. The zero-order valence-corrected chi connectivity index (χ0v) is 15.6. The Balaban J connectivity index is 2.15. The van der Waals surface area contributed by atoms with E-state index < -0.39 is 12.1 Å². The fourth-order valence-electron chi connectivity index (χ4n) is 2.41. The van der Waals surface area contributed by atoms with Crippen LogP contribution < -0.4 is 10.6 Å². The Morgan fingerprint density at radius 3 is 2.40 bits per heavy atom. The molecular formula is C18H20BrN3O3. The fourth-order valence-corrected chi connectivity index (χ4v) is 2.89. The van der Waals surface area contributed by atoms with Gasteiger partial charge in [-0.15, -0.1) is 0 Å². The second kappa shape index (κ2) is 8.62. The number of nitrogens with zero attached hydrogens (tertiary/aromatic N) is 1. The summed E-state index contributed by atoms with van der Waals surface area (Å²) in [6, 6.07) is 8.56. The van der Waals surface area contributed by atoms with E-state index in [1.807, 2.05) is 38.1 Å². The molecule has 2 rings (SSSR count). The Morgan fingerprint density at radius 1 is 1.16 bits per heavy atom. The molecule has 1 aromatic heterocycles. The van der Waals surface area contributed by atoms with Crippen LogP contribution in [0.2, 0.25) is 0 Å². The number of carbonyl (C=O) groups is 2. The van der Waals surface area contributed by atoms with Crippen molar-refractivity contribution in [3.63, 3.8) is 0 Å². The number of pyridine rings is 1. The van der Waals surface area contributed by atoms with E-state index in [4.69, 9.17) is 5.11 Å². The summed E-state index contributed by atoms with van der Waals surface area (Å²) in [6.07, 6.45) is 2.64. The average molecular weight is 406 g/mol. The highest BCUT2D eigenvalue weighted by Gasteiger charge is 2.22. The summed E-state index contributed by atoms with van der Waals surface area (Å²) < 4.78 is 0.716. The highest BCUT2D eigenvalue weighted by Crippen LogP contribution is 2.29. The maximum atomic E-state index is 12.4. The van der Waals surface area contributed by atoms with Crippen LogP contribution in [0.25, 0.3) is 11.1 Å². The molecule has 0 saturated heterocycles. The van der Waals surface area contributed by atoms with E-state index in [2.05, 4.69) is 31.5 Å². The second-order valence-electron chi connectivity index (χ2n) is 6.05. The molecule has 3 N–H and O–H groups in total. The van der Waals surface area contributed by atoms with Crippen LogP contribution in [0.3, 0.4) is 0 Å². The predicted molar refractivity (Wildman–Crippen MR) is 100 cm³/mol. The SMILES string of the molecule is CC(C)C[C@@H](NC(=O)O)C(=O)Nc1ccc(-c2ccncc2)cc1Br. The van der Waals surface area contributed by atoms with E-state index in [0.29, 0.717) is 16.6 Å². The molecular weight excluding hydrogens is 386 g/mol. The molecule has 1 heterocycles. The van der Waals surface area contributed by atoms with Gasteiger partial charge in [-0.3, -0.25) is 9.78 Å². The van der Waals surface area contributed by atoms with Crippen LogP contribution in [0.4, 0.5) is 10.5 Å². The van der Waals surface area contributed by atoms with Crippen molar-refractivity contribution in [1.29, 1.82) is 0 Å². The van der Waals surface area contributed by atoms with Crippen LogP contribution in [-0.4, -0.2) is 28.1 Å². The number of hydrogen-bond donors (Lipinski definition) is 3. The van der Waals surface area contributed by atoms with Crippen LogP contribution in [0.5, 0.6) is 0 Å². The molecule has 6 nitrogen and oxygen atoms in total. The maximum Gasteiger partial charge on any atom is 0.405 e. The smallest absolute Gasteiger partial charge is 0.405 e. The summed E-state index contributed by atoms with van der Waals surface area (Å²) in [7, 11) is 0. The third-order valence-electron chi connectivity index (χ3n) is 3.56.